The largest absolute Gasteiger partial charge is 0.397 e. The van der Waals surface area contributed by atoms with Gasteiger partial charge in [-0.3, -0.25) is 4.79 Å². The number of aromatic nitrogens is 1. The summed E-state index contributed by atoms with van der Waals surface area (Å²) in [6.07, 6.45) is 3.89. The SMILES string of the molecule is Nc1ccc(-c2cccs2)cc1NC(=O)c1cccc(-n2cccc2)c1. The molecule has 128 valence electrons. The lowest BCUT2D eigenvalue weighted by Crippen LogP contribution is -2.13. The maximum Gasteiger partial charge on any atom is 0.255 e. The zero-order valence-corrected chi connectivity index (χ0v) is 14.7. The monoisotopic (exact) mass is 359 g/mol. The summed E-state index contributed by atoms with van der Waals surface area (Å²) >= 11 is 1.65. The molecule has 4 rings (SSSR count). The molecule has 0 aliphatic carbocycles. The van der Waals surface area contributed by atoms with Crippen LogP contribution in [0.15, 0.2) is 84.5 Å². The van der Waals surface area contributed by atoms with Crippen molar-refractivity contribution in [2.24, 2.45) is 0 Å². The number of rotatable bonds is 4. The molecule has 0 saturated heterocycles. The summed E-state index contributed by atoms with van der Waals surface area (Å²) in [4.78, 5) is 13.8. The Morgan fingerprint density at radius 3 is 2.58 bits per heavy atom. The lowest BCUT2D eigenvalue weighted by atomic mass is 10.1. The lowest BCUT2D eigenvalue weighted by molar-refractivity contribution is 0.102. The number of anilines is 2. The van der Waals surface area contributed by atoms with Crippen LogP contribution in [0.4, 0.5) is 11.4 Å². The number of nitrogen functional groups attached to an aromatic ring is 1. The number of benzene rings is 2. The molecule has 2 aromatic heterocycles. The van der Waals surface area contributed by atoms with E-state index in [0.29, 0.717) is 16.9 Å². The van der Waals surface area contributed by atoms with Crippen LogP contribution >= 0.6 is 11.3 Å². The Kier molecular flexibility index (Phi) is 4.29. The zero-order valence-electron chi connectivity index (χ0n) is 13.9. The van der Waals surface area contributed by atoms with Crippen LogP contribution in [0, 0.1) is 0 Å². The molecule has 26 heavy (non-hydrogen) atoms. The molecule has 5 heteroatoms. The quantitative estimate of drug-likeness (QED) is 0.502. The number of amides is 1. The van der Waals surface area contributed by atoms with Crippen LogP contribution in [0.25, 0.3) is 16.1 Å². The van der Waals surface area contributed by atoms with E-state index in [4.69, 9.17) is 5.73 Å². The van der Waals surface area contributed by atoms with E-state index in [-0.39, 0.29) is 5.91 Å². The number of carbonyl (C=O) groups is 1. The first-order valence-electron chi connectivity index (χ1n) is 8.19. The van der Waals surface area contributed by atoms with E-state index in [9.17, 15) is 4.79 Å². The number of thiophene rings is 1. The summed E-state index contributed by atoms with van der Waals surface area (Å²) in [5.74, 6) is -0.186. The predicted molar refractivity (Wildman–Crippen MR) is 108 cm³/mol. The van der Waals surface area contributed by atoms with Crippen molar-refractivity contribution in [3.05, 3.63) is 90.1 Å². The second-order valence-corrected chi connectivity index (χ2v) is 6.82. The standard InChI is InChI=1S/C21H17N3OS/c22-18-9-8-15(20-7-4-12-26-20)14-19(18)23-21(25)16-5-3-6-17(13-16)24-10-1-2-11-24/h1-14H,22H2,(H,23,25). The first-order valence-corrected chi connectivity index (χ1v) is 9.07. The minimum Gasteiger partial charge on any atom is -0.397 e. The van der Waals surface area contributed by atoms with E-state index in [0.717, 1.165) is 16.1 Å². The molecule has 1 amide bonds. The fourth-order valence-corrected chi connectivity index (χ4v) is 3.49. The van der Waals surface area contributed by atoms with Crippen LogP contribution in [0.5, 0.6) is 0 Å². The maximum absolute atomic E-state index is 12.7. The lowest BCUT2D eigenvalue weighted by Gasteiger charge is -2.11. The van der Waals surface area contributed by atoms with Gasteiger partial charge in [-0.2, -0.15) is 0 Å². The van der Waals surface area contributed by atoms with Gasteiger partial charge in [0.25, 0.3) is 5.91 Å². The summed E-state index contributed by atoms with van der Waals surface area (Å²) < 4.78 is 1.96. The highest BCUT2D eigenvalue weighted by Crippen LogP contribution is 2.30. The van der Waals surface area contributed by atoms with Crippen molar-refractivity contribution in [1.82, 2.24) is 4.57 Å². The van der Waals surface area contributed by atoms with Gasteiger partial charge in [-0.05, 0) is 59.5 Å². The van der Waals surface area contributed by atoms with Crippen LogP contribution in [0.1, 0.15) is 10.4 Å². The van der Waals surface area contributed by atoms with E-state index in [1.165, 1.54) is 0 Å². The van der Waals surface area contributed by atoms with Crippen LogP contribution in [-0.4, -0.2) is 10.5 Å². The van der Waals surface area contributed by atoms with E-state index in [2.05, 4.69) is 5.32 Å². The Morgan fingerprint density at radius 1 is 0.962 bits per heavy atom. The smallest absolute Gasteiger partial charge is 0.255 e. The zero-order chi connectivity index (χ0) is 17.9. The van der Waals surface area contributed by atoms with Crippen LogP contribution in [-0.2, 0) is 0 Å². The van der Waals surface area contributed by atoms with E-state index < -0.39 is 0 Å². The average molecular weight is 359 g/mol. The topological polar surface area (TPSA) is 60.0 Å². The van der Waals surface area contributed by atoms with Gasteiger partial charge < -0.3 is 15.6 Å². The Morgan fingerprint density at radius 2 is 1.81 bits per heavy atom. The van der Waals surface area contributed by atoms with Crippen molar-refractivity contribution >= 4 is 28.6 Å². The molecule has 3 N–H and O–H groups in total. The van der Waals surface area contributed by atoms with E-state index >= 15 is 0 Å². The van der Waals surface area contributed by atoms with Crippen molar-refractivity contribution in [2.75, 3.05) is 11.1 Å². The minimum absolute atomic E-state index is 0.186. The van der Waals surface area contributed by atoms with E-state index in [1.807, 2.05) is 83.0 Å². The molecule has 0 radical (unpaired) electrons. The molecule has 0 bridgehead atoms. The second-order valence-electron chi connectivity index (χ2n) is 5.87. The fourth-order valence-electron chi connectivity index (χ4n) is 2.77. The van der Waals surface area contributed by atoms with Gasteiger partial charge in [0.15, 0.2) is 0 Å². The first-order chi connectivity index (χ1) is 12.7. The molecule has 0 fully saturated rings. The van der Waals surface area contributed by atoms with Gasteiger partial charge in [0.1, 0.15) is 0 Å². The summed E-state index contributed by atoms with van der Waals surface area (Å²) in [6.45, 7) is 0. The third-order valence-electron chi connectivity index (χ3n) is 4.12. The molecule has 0 saturated carbocycles. The summed E-state index contributed by atoms with van der Waals surface area (Å²) in [7, 11) is 0. The van der Waals surface area contributed by atoms with Gasteiger partial charge in [-0.15, -0.1) is 11.3 Å². The number of carbonyl (C=O) groups excluding carboxylic acids is 1. The average Bonchev–Trinajstić information content (AvgIpc) is 3.37. The minimum atomic E-state index is -0.186. The van der Waals surface area contributed by atoms with Gasteiger partial charge >= 0.3 is 0 Å². The maximum atomic E-state index is 12.7. The third kappa shape index (κ3) is 3.25. The molecule has 0 aliphatic rings. The fraction of sp³-hybridized carbons (Fsp3) is 0. The van der Waals surface area contributed by atoms with Crippen molar-refractivity contribution in [1.29, 1.82) is 0 Å². The first kappa shape index (κ1) is 16.2. The Hall–Kier alpha value is -3.31. The summed E-state index contributed by atoms with van der Waals surface area (Å²) in [6, 6.07) is 21.1. The van der Waals surface area contributed by atoms with Crippen molar-refractivity contribution in [2.45, 2.75) is 0 Å². The normalized spacial score (nSPS) is 10.6. The number of nitrogens with two attached hydrogens (primary N) is 1. The van der Waals surface area contributed by atoms with Gasteiger partial charge in [0.2, 0.25) is 0 Å². The highest BCUT2D eigenvalue weighted by molar-refractivity contribution is 7.13. The molecular weight excluding hydrogens is 342 g/mol. The Balaban J connectivity index is 1.61. The Labute approximate surface area is 155 Å². The molecule has 4 nitrogen and oxygen atoms in total. The highest BCUT2D eigenvalue weighted by atomic mass is 32.1. The molecule has 0 spiro atoms. The number of hydrogen-bond donors (Lipinski definition) is 2. The number of hydrogen-bond acceptors (Lipinski definition) is 3. The van der Waals surface area contributed by atoms with Crippen molar-refractivity contribution < 1.29 is 4.79 Å². The molecule has 0 unspecified atom stereocenters. The second kappa shape index (κ2) is 6.90. The number of nitrogens with zero attached hydrogens (tertiary/aromatic N) is 1. The molecular formula is C21H17N3OS. The van der Waals surface area contributed by atoms with Crippen LogP contribution < -0.4 is 11.1 Å². The molecule has 0 aliphatic heterocycles. The highest BCUT2D eigenvalue weighted by Gasteiger charge is 2.11. The van der Waals surface area contributed by atoms with Crippen molar-refractivity contribution in [3.63, 3.8) is 0 Å². The van der Waals surface area contributed by atoms with Gasteiger partial charge in [0.05, 0.1) is 11.4 Å². The van der Waals surface area contributed by atoms with Gasteiger partial charge in [-0.1, -0.05) is 18.2 Å². The van der Waals surface area contributed by atoms with Gasteiger partial charge in [0, 0.05) is 28.5 Å². The summed E-state index contributed by atoms with van der Waals surface area (Å²) in [5.41, 5.74) is 9.77. The summed E-state index contributed by atoms with van der Waals surface area (Å²) in [5, 5.41) is 4.96. The molecule has 0 atom stereocenters. The van der Waals surface area contributed by atoms with Crippen LogP contribution in [0.2, 0.25) is 0 Å². The van der Waals surface area contributed by atoms with E-state index in [1.54, 1.807) is 17.4 Å². The number of nitrogens with one attached hydrogen (secondary N) is 1. The molecule has 2 heterocycles. The third-order valence-corrected chi connectivity index (χ3v) is 5.04. The molecule has 4 aromatic rings. The van der Waals surface area contributed by atoms with Gasteiger partial charge in [-0.25, -0.2) is 0 Å². The van der Waals surface area contributed by atoms with Crippen molar-refractivity contribution in [3.8, 4) is 16.1 Å². The molecule has 2 aromatic carbocycles. The van der Waals surface area contributed by atoms with Crippen LogP contribution in [0.3, 0.4) is 0 Å². The Bertz CT molecular complexity index is 1040. The predicted octanol–water partition coefficient (Wildman–Crippen LogP) is 5.04.